The van der Waals surface area contributed by atoms with Crippen molar-refractivity contribution in [2.75, 3.05) is 7.11 Å². The Morgan fingerprint density at radius 1 is 1.30 bits per heavy atom. The van der Waals surface area contributed by atoms with Crippen LogP contribution in [0.5, 0.6) is 11.5 Å². The van der Waals surface area contributed by atoms with Gasteiger partial charge in [-0.25, -0.2) is 9.18 Å². The third-order valence-corrected chi connectivity index (χ3v) is 3.56. The van der Waals surface area contributed by atoms with E-state index in [1.54, 1.807) is 24.3 Å². The first-order chi connectivity index (χ1) is 11.0. The van der Waals surface area contributed by atoms with Gasteiger partial charge in [0.15, 0.2) is 11.5 Å². The standard InChI is InChI=1S/C17H14BrFO4/c1-22-15-9-12(4-7-16(20)21)8-14(18)17(15)23-10-11-2-5-13(19)6-3-11/h2-9H,10H2,1H3,(H,20,21)/b7-4+. The Labute approximate surface area is 141 Å². The molecule has 0 fully saturated rings. The summed E-state index contributed by atoms with van der Waals surface area (Å²) in [7, 11) is 1.50. The van der Waals surface area contributed by atoms with E-state index in [1.807, 2.05) is 0 Å². The van der Waals surface area contributed by atoms with E-state index in [1.165, 1.54) is 25.3 Å². The zero-order valence-electron chi connectivity index (χ0n) is 12.3. The molecule has 23 heavy (non-hydrogen) atoms. The molecular weight excluding hydrogens is 367 g/mol. The SMILES string of the molecule is COc1cc(/C=C/C(=O)O)cc(Br)c1OCc1ccc(F)cc1. The lowest BCUT2D eigenvalue weighted by Gasteiger charge is -2.13. The lowest BCUT2D eigenvalue weighted by Crippen LogP contribution is -1.99. The summed E-state index contributed by atoms with van der Waals surface area (Å²) in [5, 5.41) is 8.67. The van der Waals surface area contributed by atoms with E-state index in [0.717, 1.165) is 11.6 Å². The maximum atomic E-state index is 12.9. The molecule has 0 aromatic heterocycles. The number of rotatable bonds is 6. The van der Waals surface area contributed by atoms with Crippen LogP contribution < -0.4 is 9.47 Å². The van der Waals surface area contributed by atoms with Gasteiger partial charge in [0, 0.05) is 6.08 Å². The third kappa shape index (κ3) is 4.82. The molecule has 2 aromatic rings. The predicted molar refractivity (Wildman–Crippen MR) is 88.1 cm³/mol. The highest BCUT2D eigenvalue weighted by atomic mass is 79.9. The van der Waals surface area contributed by atoms with Gasteiger partial charge in [-0.2, -0.15) is 0 Å². The molecule has 0 radical (unpaired) electrons. The minimum atomic E-state index is -1.03. The average molecular weight is 381 g/mol. The Bertz CT molecular complexity index is 726. The van der Waals surface area contributed by atoms with Crippen LogP contribution in [-0.2, 0) is 11.4 Å². The molecule has 0 heterocycles. The van der Waals surface area contributed by atoms with Gasteiger partial charge in [0.1, 0.15) is 12.4 Å². The molecule has 0 aliphatic heterocycles. The monoisotopic (exact) mass is 380 g/mol. The van der Waals surface area contributed by atoms with Crippen LogP contribution in [0.15, 0.2) is 46.9 Å². The van der Waals surface area contributed by atoms with E-state index in [2.05, 4.69) is 15.9 Å². The number of aliphatic carboxylic acids is 1. The summed E-state index contributed by atoms with van der Waals surface area (Å²) in [6.45, 7) is 0.250. The molecule has 0 atom stereocenters. The predicted octanol–water partition coefficient (Wildman–Crippen LogP) is 4.27. The van der Waals surface area contributed by atoms with Crippen molar-refractivity contribution in [2.45, 2.75) is 6.61 Å². The molecule has 4 nitrogen and oxygen atoms in total. The van der Waals surface area contributed by atoms with Crippen LogP contribution >= 0.6 is 15.9 Å². The summed E-state index contributed by atoms with van der Waals surface area (Å²) in [6, 6.07) is 9.40. The molecule has 0 saturated heterocycles. The van der Waals surface area contributed by atoms with E-state index in [9.17, 15) is 9.18 Å². The minimum absolute atomic E-state index is 0.250. The van der Waals surface area contributed by atoms with Gasteiger partial charge in [-0.05, 0) is 57.4 Å². The van der Waals surface area contributed by atoms with Gasteiger partial charge in [-0.1, -0.05) is 12.1 Å². The molecular formula is C17H14BrFO4. The second-order valence-corrected chi connectivity index (χ2v) is 5.48. The first kappa shape index (κ1) is 17.0. The molecule has 0 aliphatic carbocycles. The topological polar surface area (TPSA) is 55.8 Å². The Morgan fingerprint density at radius 3 is 2.61 bits per heavy atom. The van der Waals surface area contributed by atoms with Crippen LogP contribution in [0.1, 0.15) is 11.1 Å². The lowest BCUT2D eigenvalue weighted by atomic mass is 10.2. The maximum absolute atomic E-state index is 12.9. The molecule has 6 heteroatoms. The molecule has 0 aliphatic rings. The van der Waals surface area contributed by atoms with Crippen molar-refractivity contribution in [1.82, 2.24) is 0 Å². The van der Waals surface area contributed by atoms with E-state index in [0.29, 0.717) is 21.5 Å². The minimum Gasteiger partial charge on any atom is -0.493 e. The van der Waals surface area contributed by atoms with Crippen LogP contribution in [0.2, 0.25) is 0 Å². The largest absolute Gasteiger partial charge is 0.493 e. The van der Waals surface area contributed by atoms with Gasteiger partial charge in [-0.15, -0.1) is 0 Å². The summed E-state index contributed by atoms with van der Waals surface area (Å²) in [5.74, 6) is -0.380. The first-order valence-corrected chi connectivity index (χ1v) is 7.44. The van der Waals surface area contributed by atoms with Crippen molar-refractivity contribution < 1.29 is 23.8 Å². The third-order valence-electron chi connectivity index (χ3n) is 2.97. The summed E-state index contributed by atoms with van der Waals surface area (Å²) in [5.41, 5.74) is 1.47. The van der Waals surface area contributed by atoms with Crippen LogP contribution in [0.4, 0.5) is 4.39 Å². The van der Waals surface area contributed by atoms with Gasteiger partial charge >= 0.3 is 5.97 Å². The summed E-state index contributed by atoms with van der Waals surface area (Å²) >= 11 is 3.38. The highest BCUT2D eigenvalue weighted by molar-refractivity contribution is 9.10. The zero-order chi connectivity index (χ0) is 16.8. The van der Waals surface area contributed by atoms with Gasteiger partial charge in [0.05, 0.1) is 11.6 Å². The number of benzene rings is 2. The summed E-state index contributed by atoms with van der Waals surface area (Å²) in [4.78, 5) is 10.6. The number of hydrogen-bond donors (Lipinski definition) is 1. The van der Waals surface area contributed by atoms with Crippen LogP contribution in [0, 0.1) is 5.82 Å². The second kappa shape index (κ2) is 7.78. The van der Waals surface area contributed by atoms with Gasteiger partial charge in [-0.3, -0.25) is 0 Å². The lowest BCUT2D eigenvalue weighted by molar-refractivity contribution is -0.131. The second-order valence-electron chi connectivity index (χ2n) is 4.62. The average Bonchev–Trinajstić information content (AvgIpc) is 2.53. The van der Waals surface area contributed by atoms with Gasteiger partial charge in [0.2, 0.25) is 0 Å². The normalized spacial score (nSPS) is 10.7. The first-order valence-electron chi connectivity index (χ1n) is 6.65. The molecule has 0 saturated carbocycles. The number of hydrogen-bond acceptors (Lipinski definition) is 3. The number of carboxylic acid groups (broad SMARTS) is 1. The molecule has 0 amide bonds. The molecule has 0 bridgehead atoms. The van der Waals surface area contributed by atoms with Crippen LogP contribution in [-0.4, -0.2) is 18.2 Å². The Hall–Kier alpha value is -2.34. The Balaban J connectivity index is 2.20. The summed E-state index contributed by atoms with van der Waals surface area (Å²) in [6.07, 6.45) is 2.50. The van der Waals surface area contributed by atoms with Crippen molar-refractivity contribution in [3.8, 4) is 11.5 Å². The zero-order valence-corrected chi connectivity index (χ0v) is 13.8. The maximum Gasteiger partial charge on any atom is 0.328 e. The van der Waals surface area contributed by atoms with Crippen molar-refractivity contribution in [1.29, 1.82) is 0 Å². The molecule has 0 unspecified atom stereocenters. The Kier molecular flexibility index (Phi) is 5.76. The fourth-order valence-electron chi connectivity index (χ4n) is 1.88. The molecule has 2 aromatic carbocycles. The van der Waals surface area contributed by atoms with E-state index in [4.69, 9.17) is 14.6 Å². The van der Waals surface area contributed by atoms with Gasteiger partial charge in [0.25, 0.3) is 0 Å². The van der Waals surface area contributed by atoms with E-state index in [-0.39, 0.29) is 12.4 Å². The fourth-order valence-corrected chi connectivity index (χ4v) is 2.45. The molecule has 2 rings (SSSR count). The van der Waals surface area contributed by atoms with Crippen molar-refractivity contribution in [3.05, 3.63) is 63.9 Å². The number of methoxy groups -OCH3 is 1. The number of carbonyl (C=O) groups is 1. The van der Waals surface area contributed by atoms with Crippen molar-refractivity contribution >= 4 is 28.0 Å². The number of carboxylic acids is 1. The number of halogens is 2. The van der Waals surface area contributed by atoms with E-state index < -0.39 is 5.97 Å². The van der Waals surface area contributed by atoms with Crippen molar-refractivity contribution in [3.63, 3.8) is 0 Å². The fraction of sp³-hybridized carbons (Fsp3) is 0.118. The Morgan fingerprint density at radius 2 is 2.00 bits per heavy atom. The molecule has 120 valence electrons. The number of ether oxygens (including phenoxy) is 2. The summed E-state index contributed by atoms with van der Waals surface area (Å²) < 4.78 is 24.5. The van der Waals surface area contributed by atoms with Crippen LogP contribution in [0.25, 0.3) is 6.08 Å². The quantitative estimate of drug-likeness (QED) is 0.760. The van der Waals surface area contributed by atoms with E-state index >= 15 is 0 Å². The molecule has 0 spiro atoms. The highest BCUT2D eigenvalue weighted by Gasteiger charge is 2.11. The van der Waals surface area contributed by atoms with Crippen molar-refractivity contribution in [2.24, 2.45) is 0 Å². The van der Waals surface area contributed by atoms with Gasteiger partial charge < -0.3 is 14.6 Å². The molecule has 1 N–H and O–H groups in total. The highest BCUT2D eigenvalue weighted by Crippen LogP contribution is 2.37. The van der Waals surface area contributed by atoms with Crippen LogP contribution in [0.3, 0.4) is 0 Å². The smallest absolute Gasteiger partial charge is 0.328 e.